The summed E-state index contributed by atoms with van der Waals surface area (Å²) in [5.41, 5.74) is 0. The van der Waals surface area contributed by atoms with E-state index in [2.05, 4.69) is 39.5 Å². The maximum absolute atomic E-state index is 3.93. The fourth-order valence-corrected chi connectivity index (χ4v) is 0.641. The Morgan fingerprint density at radius 3 is 2.45 bits per heavy atom. The van der Waals surface area contributed by atoms with E-state index < -0.39 is 0 Å². The Hall–Kier alpha value is -0.440. The van der Waals surface area contributed by atoms with Crippen molar-refractivity contribution in [1.29, 1.82) is 0 Å². The van der Waals surface area contributed by atoms with Crippen LogP contribution in [0.1, 0.15) is 40.0 Å². The first-order chi connectivity index (χ1) is 5.18. The molecular weight excluding hydrogens is 132 g/mol. The highest BCUT2D eigenvalue weighted by molar-refractivity contribution is 5.03. The van der Waals surface area contributed by atoms with Gasteiger partial charge in [0.05, 0.1) is 0 Å². The monoisotopic (exact) mass is 151 g/mol. The Labute approximate surface area is 71.4 Å². The Morgan fingerprint density at radius 2 is 2.00 bits per heavy atom. The van der Waals surface area contributed by atoms with Crippen LogP contribution >= 0.6 is 0 Å². The molecule has 0 saturated heterocycles. The van der Waals surface area contributed by atoms with Crippen molar-refractivity contribution >= 4 is 0 Å². The van der Waals surface area contributed by atoms with Crippen LogP contribution in [0.4, 0.5) is 0 Å². The molecule has 0 fully saturated rings. The Morgan fingerprint density at radius 1 is 1.36 bits per heavy atom. The van der Waals surface area contributed by atoms with Crippen LogP contribution < -0.4 is 0 Å². The summed E-state index contributed by atoms with van der Waals surface area (Å²) in [7, 11) is 0. The van der Waals surface area contributed by atoms with Crippen molar-refractivity contribution in [3.05, 3.63) is 6.92 Å². The molecule has 2 atom stereocenters. The first-order valence-corrected chi connectivity index (χ1v) is 4.50. The number of hydrogen-bond donors (Lipinski definition) is 0. The van der Waals surface area contributed by atoms with Gasteiger partial charge in [-0.05, 0) is 19.3 Å². The molecule has 0 aliphatic rings. The van der Waals surface area contributed by atoms with Crippen molar-refractivity contribution in [3.8, 4) is 11.8 Å². The second kappa shape index (κ2) is 6.28. The van der Waals surface area contributed by atoms with Crippen LogP contribution in [-0.2, 0) is 0 Å². The summed E-state index contributed by atoms with van der Waals surface area (Å²) >= 11 is 0. The van der Waals surface area contributed by atoms with E-state index in [-0.39, 0.29) is 0 Å². The van der Waals surface area contributed by atoms with E-state index in [0.29, 0.717) is 11.8 Å². The van der Waals surface area contributed by atoms with E-state index in [1.807, 2.05) is 0 Å². The summed E-state index contributed by atoms with van der Waals surface area (Å²) in [6.45, 7) is 10.4. The maximum atomic E-state index is 3.93. The molecule has 0 nitrogen and oxygen atoms in total. The molecule has 0 aromatic carbocycles. The van der Waals surface area contributed by atoms with Crippen molar-refractivity contribution in [1.82, 2.24) is 0 Å². The zero-order chi connectivity index (χ0) is 8.69. The largest absolute Gasteiger partial charge is 0.103 e. The minimum absolute atomic E-state index is 0.448. The van der Waals surface area contributed by atoms with Crippen LogP contribution in [0.5, 0.6) is 0 Å². The quantitative estimate of drug-likeness (QED) is 0.429. The van der Waals surface area contributed by atoms with Crippen LogP contribution in [0.2, 0.25) is 0 Å². The Balaban J connectivity index is 3.51. The predicted octanol–water partition coefficient (Wildman–Crippen LogP) is 3.29. The molecule has 0 aliphatic carbocycles. The van der Waals surface area contributed by atoms with Crippen LogP contribution in [0.3, 0.4) is 0 Å². The van der Waals surface area contributed by atoms with Gasteiger partial charge in [0.15, 0.2) is 0 Å². The second-order valence-corrected chi connectivity index (χ2v) is 3.19. The molecular formula is C11H19. The van der Waals surface area contributed by atoms with Crippen LogP contribution in [-0.4, -0.2) is 0 Å². The van der Waals surface area contributed by atoms with Gasteiger partial charge in [-0.25, -0.2) is 0 Å². The molecule has 0 aromatic rings. The summed E-state index contributed by atoms with van der Waals surface area (Å²) in [5.74, 6) is 7.28. The molecule has 0 saturated carbocycles. The van der Waals surface area contributed by atoms with E-state index in [0.717, 1.165) is 6.42 Å². The van der Waals surface area contributed by atoms with Gasteiger partial charge in [-0.1, -0.05) is 33.1 Å². The SMILES string of the molecule is [CH2]C(C)C(C)C#CCCCC. The lowest BCUT2D eigenvalue weighted by Crippen LogP contribution is -1.99. The molecule has 2 unspecified atom stereocenters. The van der Waals surface area contributed by atoms with E-state index in [1.54, 1.807) is 0 Å². The standard InChI is InChI=1S/C11H19/c1-5-6-7-8-9-11(4)10(2)3/h10-11H,2,5-7H2,1,3-4H3. The van der Waals surface area contributed by atoms with Crippen LogP contribution in [0.15, 0.2) is 0 Å². The number of unbranched alkanes of at least 4 members (excludes halogenated alkanes) is 2. The fraction of sp³-hybridized carbons (Fsp3) is 0.727. The molecule has 0 aromatic heterocycles. The molecule has 0 heteroatoms. The molecule has 0 spiro atoms. The summed E-state index contributed by atoms with van der Waals surface area (Å²) in [4.78, 5) is 0. The number of rotatable bonds is 3. The molecule has 0 heterocycles. The van der Waals surface area contributed by atoms with Crippen molar-refractivity contribution in [3.63, 3.8) is 0 Å². The predicted molar refractivity (Wildman–Crippen MR) is 51.0 cm³/mol. The van der Waals surface area contributed by atoms with Crippen molar-refractivity contribution in [2.75, 3.05) is 0 Å². The lowest BCUT2D eigenvalue weighted by atomic mass is 9.99. The van der Waals surface area contributed by atoms with Crippen molar-refractivity contribution < 1.29 is 0 Å². The normalized spacial score (nSPS) is 12.5. The maximum Gasteiger partial charge on any atom is 0.0200 e. The Kier molecular flexibility index (Phi) is 6.03. The van der Waals surface area contributed by atoms with Crippen molar-refractivity contribution in [2.45, 2.75) is 40.0 Å². The van der Waals surface area contributed by atoms with Gasteiger partial charge in [0.2, 0.25) is 0 Å². The molecule has 0 amide bonds. The van der Waals surface area contributed by atoms with Gasteiger partial charge in [-0.2, -0.15) is 0 Å². The average Bonchev–Trinajstić information content (AvgIpc) is 1.97. The first-order valence-electron chi connectivity index (χ1n) is 4.50. The van der Waals surface area contributed by atoms with Gasteiger partial charge in [0, 0.05) is 12.3 Å². The van der Waals surface area contributed by atoms with Gasteiger partial charge < -0.3 is 0 Å². The van der Waals surface area contributed by atoms with E-state index in [1.165, 1.54) is 12.8 Å². The summed E-state index contributed by atoms with van der Waals surface area (Å²) in [6, 6.07) is 0. The minimum Gasteiger partial charge on any atom is -0.103 e. The highest BCUT2D eigenvalue weighted by atomic mass is 14.0. The third-order valence-electron chi connectivity index (χ3n) is 1.84. The smallest absolute Gasteiger partial charge is 0.0200 e. The molecule has 11 heavy (non-hydrogen) atoms. The van der Waals surface area contributed by atoms with Gasteiger partial charge >= 0.3 is 0 Å². The molecule has 0 rings (SSSR count). The average molecular weight is 151 g/mol. The summed E-state index contributed by atoms with van der Waals surface area (Å²) in [6.07, 6.45) is 3.52. The zero-order valence-electron chi connectivity index (χ0n) is 7.98. The lowest BCUT2D eigenvalue weighted by molar-refractivity contribution is 0.572. The van der Waals surface area contributed by atoms with E-state index in [4.69, 9.17) is 0 Å². The van der Waals surface area contributed by atoms with Crippen LogP contribution in [0.25, 0.3) is 0 Å². The lowest BCUT2D eigenvalue weighted by Gasteiger charge is -2.05. The molecule has 0 N–H and O–H groups in total. The molecule has 0 bridgehead atoms. The summed E-state index contributed by atoms with van der Waals surface area (Å²) < 4.78 is 0. The first kappa shape index (κ1) is 10.6. The number of hydrogen-bond acceptors (Lipinski definition) is 0. The highest BCUT2D eigenvalue weighted by Gasteiger charge is 2.00. The third-order valence-corrected chi connectivity index (χ3v) is 1.84. The topological polar surface area (TPSA) is 0 Å². The summed E-state index contributed by atoms with van der Waals surface area (Å²) in [5, 5.41) is 0. The molecule has 63 valence electrons. The van der Waals surface area contributed by atoms with Crippen LogP contribution in [0, 0.1) is 30.6 Å². The van der Waals surface area contributed by atoms with Gasteiger partial charge in [-0.15, -0.1) is 5.92 Å². The zero-order valence-corrected chi connectivity index (χ0v) is 7.98. The molecule has 1 radical (unpaired) electrons. The third kappa shape index (κ3) is 5.98. The fourth-order valence-electron chi connectivity index (χ4n) is 0.641. The Bertz CT molecular complexity index is 134. The van der Waals surface area contributed by atoms with Gasteiger partial charge in [-0.3, -0.25) is 0 Å². The minimum atomic E-state index is 0.448. The molecule has 0 aliphatic heterocycles. The van der Waals surface area contributed by atoms with E-state index in [9.17, 15) is 0 Å². The second-order valence-electron chi connectivity index (χ2n) is 3.19. The highest BCUT2D eigenvalue weighted by Crippen LogP contribution is 2.06. The van der Waals surface area contributed by atoms with E-state index >= 15 is 0 Å². The van der Waals surface area contributed by atoms with Gasteiger partial charge in [0.1, 0.15) is 0 Å². The van der Waals surface area contributed by atoms with Gasteiger partial charge in [0.25, 0.3) is 0 Å². The van der Waals surface area contributed by atoms with Crippen molar-refractivity contribution in [2.24, 2.45) is 11.8 Å².